The predicted octanol–water partition coefficient (Wildman–Crippen LogP) is 4.30. The van der Waals surface area contributed by atoms with E-state index in [0.29, 0.717) is 21.8 Å². The molecule has 0 aliphatic rings. The summed E-state index contributed by atoms with van der Waals surface area (Å²) in [6.45, 7) is 1.87. The van der Waals surface area contributed by atoms with Gasteiger partial charge in [0.2, 0.25) is 0 Å². The Morgan fingerprint density at radius 2 is 2.05 bits per heavy atom. The summed E-state index contributed by atoms with van der Waals surface area (Å²) in [5.41, 5.74) is 8.16. The number of halogens is 2. The molecule has 0 unspecified atom stereocenters. The zero-order chi connectivity index (χ0) is 15.6. The Kier molecular flexibility index (Phi) is 4.98. The van der Waals surface area contributed by atoms with Gasteiger partial charge in [-0.2, -0.15) is 0 Å². The molecule has 2 rings (SSSR count). The van der Waals surface area contributed by atoms with Crippen LogP contribution >= 0.6 is 39.7 Å². The Morgan fingerprint density at radius 3 is 2.67 bits per heavy atom. The average molecular weight is 384 g/mol. The lowest BCUT2D eigenvalue weighted by Gasteiger charge is -2.11. The average Bonchev–Trinajstić information content (AvgIpc) is 2.43. The quantitative estimate of drug-likeness (QED) is 0.777. The van der Waals surface area contributed by atoms with Gasteiger partial charge in [-0.15, -0.1) is 0 Å². The summed E-state index contributed by atoms with van der Waals surface area (Å²) in [5.74, 6) is -0.223. The number of benzene rings is 2. The number of carbonyl (C=O) groups is 1. The van der Waals surface area contributed by atoms with Crippen LogP contribution in [0.1, 0.15) is 21.5 Å². The Labute approximate surface area is 141 Å². The van der Waals surface area contributed by atoms with Crippen molar-refractivity contribution >= 4 is 56.3 Å². The van der Waals surface area contributed by atoms with E-state index in [1.807, 2.05) is 19.1 Å². The number of anilines is 1. The Hall–Kier alpha value is -1.43. The molecule has 0 aliphatic heterocycles. The first-order valence-electron chi connectivity index (χ1n) is 6.06. The summed E-state index contributed by atoms with van der Waals surface area (Å²) in [6, 6.07) is 10.5. The molecule has 0 bridgehead atoms. The number of amides is 1. The molecule has 1 amide bonds. The van der Waals surface area contributed by atoms with E-state index < -0.39 is 0 Å². The zero-order valence-corrected chi connectivity index (χ0v) is 14.3. The van der Waals surface area contributed by atoms with Crippen LogP contribution in [0.4, 0.5) is 5.69 Å². The summed E-state index contributed by atoms with van der Waals surface area (Å²) in [7, 11) is 0. The molecule has 0 atom stereocenters. The van der Waals surface area contributed by atoms with E-state index in [9.17, 15) is 4.79 Å². The third-order valence-electron chi connectivity index (χ3n) is 3.01. The fourth-order valence-electron chi connectivity index (χ4n) is 1.81. The molecule has 0 aromatic heterocycles. The summed E-state index contributed by atoms with van der Waals surface area (Å²) >= 11 is 14.4. The van der Waals surface area contributed by atoms with Crippen LogP contribution in [0.15, 0.2) is 40.9 Å². The molecule has 6 heteroatoms. The third kappa shape index (κ3) is 3.61. The maximum atomic E-state index is 12.3. The lowest BCUT2D eigenvalue weighted by Crippen LogP contribution is -2.14. The minimum Gasteiger partial charge on any atom is -0.389 e. The minimum absolute atomic E-state index is 0.223. The van der Waals surface area contributed by atoms with Crippen LogP contribution in [-0.2, 0) is 0 Å². The van der Waals surface area contributed by atoms with Crippen LogP contribution in [0, 0.1) is 6.92 Å². The molecular formula is C15H12BrClN2OS. The smallest absolute Gasteiger partial charge is 0.256 e. The second kappa shape index (κ2) is 6.56. The van der Waals surface area contributed by atoms with Crippen molar-refractivity contribution in [3.05, 3.63) is 62.6 Å². The second-order valence-electron chi connectivity index (χ2n) is 4.43. The van der Waals surface area contributed by atoms with Gasteiger partial charge in [0.15, 0.2) is 0 Å². The SMILES string of the molecule is Cc1c(Br)cccc1C(=O)Nc1ccc(C(N)=S)cc1Cl. The standard InChI is InChI=1S/C15H12BrClN2OS/c1-8-10(3-2-4-11(8)16)15(20)19-13-6-5-9(14(18)21)7-12(13)17/h2-7H,1H3,(H2,18,21)(H,19,20). The van der Waals surface area contributed by atoms with E-state index in [4.69, 9.17) is 29.6 Å². The molecule has 0 aliphatic carbocycles. The molecule has 3 N–H and O–H groups in total. The van der Waals surface area contributed by atoms with Gasteiger partial charge in [-0.25, -0.2) is 0 Å². The molecule has 108 valence electrons. The van der Waals surface area contributed by atoms with Crippen LogP contribution in [0.3, 0.4) is 0 Å². The summed E-state index contributed by atoms with van der Waals surface area (Å²) in [6.07, 6.45) is 0. The fraction of sp³-hybridized carbons (Fsp3) is 0.0667. The van der Waals surface area contributed by atoms with E-state index in [1.54, 1.807) is 24.3 Å². The van der Waals surface area contributed by atoms with Gasteiger partial charge in [0.25, 0.3) is 5.91 Å². The summed E-state index contributed by atoms with van der Waals surface area (Å²) in [5, 5.41) is 3.17. The Balaban J connectivity index is 2.28. The van der Waals surface area contributed by atoms with Gasteiger partial charge in [-0.05, 0) is 42.8 Å². The van der Waals surface area contributed by atoms with Gasteiger partial charge in [-0.3, -0.25) is 4.79 Å². The van der Waals surface area contributed by atoms with Crippen molar-refractivity contribution in [2.45, 2.75) is 6.92 Å². The maximum Gasteiger partial charge on any atom is 0.256 e. The van der Waals surface area contributed by atoms with Gasteiger partial charge in [0, 0.05) is 15.6 Å². The topological polar surface area (TPSA) is 55.1 Å². The molecule has 2 aromatic carbocycles. The zero-order valence-electron chi connectivity index (χ0n) is 11.1. The number of rotatable bonds is 3. The van der Waals surface area contributed by atoms with Gasteiger partial charge in [-0.1, -0.05) is 45.8 Å². The normalized spacial score (nSPS) is 10.2. The summed E-state index contributed by atoms with van der Waals surface area (Å²) < 4.78 is 0.880. The van der Waals surface area contributed by atoms with Crippen LogP contribution in [0.2, 0.25) is 5.02 Å². The van der Waals surface area contributed by atoms with E-state index in [0.717, 1.165) is 10.0 Å². The van der Waals surface area contributed by atoms with Crippen molar-refractivity contribution in [2.75, 3.05) is 5.32 Å². The van der Waals surface area contributed by atoms with Crippen molar-refractivity contribution in [3.8, 4) is 0 Å². The molecule has 0 heterocycles. The molecule has 0 saturated carbocycles. The third-order valence-corrected chi connectivity index (χ3v) is 4.42. The number of hydrogen-bond acceptors (Lipinski definition) is 2. The second-order valence-corrected chi connectivity index (χ2v) is 6.13. The largest absolute Gasteiger partial charge is 0.389 e. The first-order chi connectivity index (χ1) is 9.90. The minimum atomic E-state index is -0.223. The van der Waals surface area contributed by atoms with Crippen LogP contribution < -0.4 is 11.1 Å². The molecule has 0 saturated heterocycles. The van der Waals surface area contributed by atoms with Gasteiger partial charge in [0.1, 0.15) is 4.99 Å². The number of nitrogens with two attached hydrogens (primary N) is 1. The van der Waals surface area contributed by atoms with Crippen LogP contribution in [0.5, 0.6) is 0 Å². The van der Waals surface area contributed by atoms with E-state index >= 15 is 0 Å². The van der Waals surface area contributed by atoms with Crippen LogP contribution in [0.25, 0.3) is 0 Å². The molecule has 21 heavy (non-hydrogen) atoms. The maximum absolute atomic E-state index is 12.3. The molecule has 0 fully saturated rings. The number of thiocarbonyl (C=S) groups is 1. The molecule has 2 aromatic rings. The highest BCUT2D eigenvalue weighted by atomic mass is 79.9. The highest BCUT2D eigenvalue weighted by Crippen LogP contribution is 2.25. The van der Waals surface area contributed by atoms with Crippen molar-refractivity contribution in [1.82, 2.24) is 0 Å². The number of hydrogen-bond donors (Lipinski definition) is 2. The molecule has 0 spiro atoms. The van der Waals surface area contributed by atoms with Gasteiger partial charge >= 0.3 is 0 Å². The van der Waals surface area contributed by atoms with Crippen LogP contribution in [-0.4, -0.2) is 10.9 Å². The number of nitrogens with one attached hydrogen (secondary N) is 1. The first-order valence-corrected chi connectivity index (χ1v) is 7.64. The molecule has 0 radical (unpaired) electrons. The lowest BCUT2D eigenvalue weighted by atomic mass is 10.1. The molecule has 3 nitrogen and oxygen atoms in total. The highest BCUT2D eigenvalue weighted by Gasteiger charge is 2.13. The highest BCUT2D eigenvalue weighted by molar-refractivity contribution is 9.10. The Bertz CT molecular complexity index is 734. The van der Waals surface area contributed by atoms with Crippen molar-refractivity contribution < 1.29 is 4.79 Å². The van der Waals surface area contributed by atoms with Gasteiger partial charge in [0.05, 0.1) is 10.7 Å². The summed E-state index contributed by atoms with van der Waals surface area (Å²) in [4.78, 5) is 12.6. The number of carbonyl (C=O) groups excluding carboxylic acids is 1. The van der Waals surface area contributed by atoms with Crippen molar-refractivity contribution in [1.29, 1.82) is 0 Å². The fourth-order valence-corrected chi connectivity index (χ4v) is 2.53. The Morgan fingerprint density at radius 1 is 1.33 bits per heavy atom. The van der Waals surface area contributed by atoms with E-state index in [-0.39, 0.29) is 10.9 Å². The monoisotopic (exact) mass is 382 g/mol. The van der Waals surface area contributed by atoms with Crippen molar-refractivity contribution in [3.63, 3.8) is 0 Å². The lowest BCUT2D eigenvalue weighted by molar-refractivity contribution is 0.102. The van der Waals surface area contributed by atoms with E-state index in [2.05, 4.69) is 21.2 Å². The van der Waals surface area contributed by atoms with Crippen molar-refractivity contribution in [2.24, 2.45) is 5.73 Å². The molecular weight excluding hydrogens is 372 g/mol. The predicted molar refractivity (Wildman–Crippen MR) is 94.2 cm³/mol. The van der Waals surface area contributed by atoms with Gasteiger partial charge < -0.3 is 11.1 Å². The van der Waals surface area contributed by atoms with E-state index in [1.165, 1.54) is 0 Å². The first kappa shape index (κ1) is 15.9.